The molecule has 143 heavy (non-hydrogen) atoms. The van der Waals surface area contributed by atoms with E-state index in [2.05, 4.69) is 52.9 Å². The predicted molar refractivity (Wildman–Crippen MR) is 550 cm³/mol. The van der Waals surface area contributed by atoms with Gasteiger partial charge in [0.2, 0.25) is 23.6 Å². The molecule has 9 heterocycles. The average molecular weight is 1960 g/mol. The van der Waals surface area contributed by atoms with Crippen molar-refractivity contribution in [1.29, 1.82) is 5.26 Å². The number of carbonyl (C=O) groups is 8. The van der Waals surface area contributed by atoms with E-state index in [9.17, 15) is 47.9 Å². The minimum absolute atomic E-state index is 0.00854. The van der Waals surface area contributed by atoms with E-state index >= 15 is 0 Å². The fourth-order valence-electron chi connectivity index (χ4n) is 18.8. The summed E-state index contributed by atoms with van der Waals surface area (Å²) in [6, 6.07) is 70.3. The summed E-state index contributed by atoms with van der Waals surface area (Å²) in [5.41, 5.74) is 39.4. The number of benzene rings is 9. The molecule has 0 spiro atoms. The van der Waals surface area contributed by atoms with Gasteiger partial charge in [-0.3, -0.25) is 63.2 Å². The maximum absolute atomic E-state index is 13.6. The van der Waals surface area contributed by atoms with Gasteiger partial charge in [-0.25, -0.2) is 34.1 Å². The monoisotopic (exact) mass is 1950 g/mol. The second-order valence-corrected chi connectivity index (χ2v) is 37.7. The van der Waals surface area contributed by atoms with Gasteiger partial charge in [-0.05, 0) is 225 Å². The van der Waals surface area contributed by atoms with Crippen molar-refractivity contribution in [2.24, 2.45) is 65.5 Å². The van der Waals surface area contributed by atoms with E-state index in [0.717, 1.165) is 128 Å². The van der Waals surface area contributed by atoms with Crippen LogP contribution in [0.3, 0.4) is 0 Å². The van der Waals surface area contributed by atoms with E-state index in [1.54, 1.807) is 77.7 Å². The Hall–Kier alpha value is -15.9. The number of urea groups is 1. The number of piperidine rings is 2. The minimum atomic E-state index is -1.24. The number of nitriles is 1. The largest absolute Gasteiger partial charge is 0.497 e. The number of H-pyrrole nitrogens is 1. The maximum Gasteiger partial charge on any atom is 0.319 e. The number of halogens is 2. The number of likely N-dealkylation sites (tertiary alicyclic amines) is 2. The molecule has 0 radical (unpaired) electrons. The molecule has 2 saturated heterocycles. The number of aromatic nitrogens is 2. The molecule has 9 amide bonds. The molecule has 33 nitrogen and oxygen atoms in total. The first-order valence-corrected chi connectivity index (χ1v) is 47.7. The van der Waals surface area contributed by atoms with Crippen molar-refractivity contribution in [3.8, 4) is 45.3 Å². The highest BCUT2D eigenvalue weighted by atomic mass is 35.5. The van der Waals surface area contributed by atoms with Crippen LogP contribution in [-0.2, 0) is 57.3 Å². The van der Waals surface area contributed by atoms with Gasteiger partial charge in [0, 0.05) is 114 Å². The zero-order chi connectivity index (χ0) is 102. The highest BCUT2D eigenvalue weighted by molar-refractivity contribution is 6.31. The number of hydrogen-bond donors (Lipinski definition) is 9. The van der Waals surface area contributed by atoms with Gasteiger partial charge in [0.15, 0.2) is 40.9 Å². The fourth-order valence-corrected chi connectivity index (χ4v) is 19.0. The van der Waals surface area contributed by atoms with E-state index in [-0.39, 0.29) is 109 Å². The summed E-state index contributed by atoms with van der Waals surface area (Å²) in [4.78, 5) is 134. The molecule has 2 aromatic heterocycles. The van der Waals surface area contributed by atoms with Gasteiger partial charge in [-0.2, -0.15) is 10.4 Å². The lowest BCUT2D eigenvalue weighted by Crippen LogP contribution is -2.54. The third-order valence-electron chi connectivity index (χ3n) is 27.4. The van der Waals surface area contributed by atoms with Crippen LogP contribution in [0.5, 0.6) is 5.75 Å². The number of furan rings is 1. The number of fused-ring (bicyclic) bond motifs is 1. The van der Waals surface area contributed by atoms with Crippen molar-refractivity contribution in [2.45, 2.75) is 133 Å². The van der Waals surface area contributed by atoms with Crippen molar-refractivity contribution in [3.05, 3.63) is 292 Å². The van der Waals surface area contributed by atoms with Crippen LogP contribution in [-0.4, -0.2) is 213 Å². The van der Waals surface area contributed by atoms with Crippen LogP contribution in [0.25, 0.3) is 44.4 Å². The number of methoxy groups -OCH3 is 1. The van der Waals surface area contributed by atoms with Gasteiger partial charge >= 0.3 is 6.03 Å². The quantitative estimate of drug-likeness (QED) is 0.0302. The highest BCUT2D eigenvalue weighted by Gasteiger charge is 2.51. The first-order valence-electron chi connectivity index (χ1n) is 47.3. The van der Waals surface area contributed by atoms with E-state index in [4.69, 9.17) is 59.7 Å². The zero-order valence-corrected chi connectivity index (χ0v) is 82.5. The summed E-state index contributed by atoms with van der Waals surface area (Å²) in [6.45, 7) is 14.9. The van der Waals surface area contributed by atoms with Gasteiger partial charge in [-0.1, -0.05) is 151 Å². The Morgan fingerprint density at radius 2 is 1.22 bits per heavy atom. The average Bonchev–Trinajstić information content (AvgIpc) is 1.57. The summed E-state index contributed by atoms with van der Waals surface area (Å²) < 4.78 is 23.8. The van der Waals surface area contributed by atoms with Crippen LogP contribution >= 0.6 is 11.6 Å². The number of nitrogens with one attached hydrogen (secondary N) is 3. The number of nitrogens with zero attached hydrogens (tertiary/aromatic N) is 14. The molecule has 6 atom stereocenters. The molecule has 7 aliphatic rings. The number of likely N-dealkylation sites (N-methyl/N-ethyl adjacent to an activating group) is 1. The topological polar surface area (TPSA) is 470 Å². The van der Waals surface area contributed by atoms with Crippen LogP contribution in [0.15, 0.2) is 266 Å². The van der Waals surface area contributed by atoms with E-state index < -0.39 is 39.5 Å². The number of aliphatic hydroxyl groups excluding tert-OH is 1. The van der Waals surface area contributed by atoms with Crippen LogP contribution in [0.2, 0.25) is 5.02 Å². The molecule has 0 saturated carbocycles. The van der Waals surface area contributed by atoms with Crippen LogP contribution in [0, 0.1) is 29.0 Å². The first kappa shape index (κ1) is 103. The lowest BCUT2D eigenvalue weighted by Gasteiger charge is -2.43. The molecule has 2 fully saturated rings. The maximum atomic E-state index is 13.6. The Morgan fingerprint density at radius 3 is 1.85 bits per heavy atom. The van der Waals surface area contributed by atoms with Crippen molar-refractivity contribution in [2.75, 3.05) is 86.0 Å². The highest BCUT2D eigenvalue weighted by Crippen LogP contribution is 2.44. The molecule has 0 bridgehead atoms. The Balaban J connectivity index is 0.000000143. The lowest BCUT2D eigenvalue weighted by molar-refractivity contribution is -0.132. The van der Waals surface area contributed by atoms with E-state index in [0.29, 0.717) is 67.6 Å². The van der Waals surface area contributed by atoms with Gasteiger partial charge < -0.3 is 63.4 Å². The molecule has 14 N–H and O–H groups in total. The Bertz CT molecular complexity index is 6740. The zero-order valence-electron chi connectivity index (χ0n) is 81.7. The Labute approximate surface area is 834 Å². The van der Waals surface area contributed by atoms with Crippen molar-refractivity contribution < 1.29 is 57.0 Å². The van der Waals surface area contributed by atoms with Gasteiger partial charge in [0.25, 0.3) is 17.7 Å². The molecule has 35 heteroatoms. The Morgan fingerprint density at radius 1 is 0.608 bits per heavy atom. The predicted octanol–water partition coefficient (Wildman–Crippen LogP) is 13.7. The minimum Gasteiger partial charge on any atom is -0.497 e. The van der Waals surface area contributed by atoms with E-state index in [1.165, 1.54) is 37.8 Å². The molecule has 0 aliphatic carbocycles. The van der Waals surface area contributed by atoms with Crippen molar-refractivity contribution in [3.63, 3.8) is 0 Å². The fraction of sp³-hybridized carbons (Fsp3) is 0.324. The number of amides is 9. The first-order chi connectivity index (χ1) is 68.4. The van der Waals surface area contributed by atoms with Crippen LogP contribution < -0.4 is 44.0 Å². The third-order valence-corrected chi connectivity index (χ3v) is 27.6. The summed E-state index contributed by atoms with van der Waals surface area (Å²) in [5, 5.41) is 32.7. The number of guanidine groups is 5. The van der Waals surface area contributed by atoms with Gasteiger partial charge in [0.05, 0.1) is 73.0 Å². The van der Waals surface area contributed by atoms with Crippen LogP contribution in [0.4, 0.5) is 14.9 Å². The summed E-state index contributed by atoms with van der Waals surface area (Å²) >= 11 is 6.16. The molecule has 9 aromatic carbocycles. The molecule has 3 unspecified atom stereocenters. The number of hydrogen-bond acceptors (Lipinski definition) is 23. The molecule has 7 aliphatic heterocycles. The number of nitrogens with two attached hydrogens (primary N) is 5. The normalized spacial score (nSPS) is 20.6. The number of rotatable bonds is 21. The number of aliphatic imine (C=N–C) groups is 5. The summed E-state index contributed by atoms with van der Waals surface area (Å²) in [6.07, 6.45) is 8.59. The number of anilines is 1. The van der Waals surface area contributed by atoms with Crippen molar-refractivity contribution in [1.82, 2.24) is 49.8 Å². The molecule has 18 rings (SSSR count). The number of ether oxygens (including phenoxy) is 1. The number of aliphatic hydroxyl groups is 1. The standard InChI is InChI=1S/C26H32N4O3.C25H24FN5O2.C21H27N5O2.C19H20ClN3O2.C17H17N5O2/c1-18(31)29-12-10-19(11-13-29)17-30-24(32)16-26(2,28-25(30)27)22-8-4-6-20(14-22)21-7-5-9-23(15-21)33-3;26-20-13-7-14-21(17-20)29-24(33)28-15-8-16-31-22(32)25(30-23(31)27,18-9-3-1-4-10-18)19-11-5-2-6-12-19;1-14(12-22)15-6-4-7-16(10-15)19(28)26-9-5-8-17(13-26)21(2)11-18(27)25(3)20(23)24-21;1-19(17(25)23(2)18(21)22-19)14-5-3-4-13(10-14)16-11-15(20)7-6-12(16)8-9-24;1-17(8-14(23)22(2)16(18)19-17)11-3-4-13-12(7-11)15(21-20-13)10-5-6-24-9-10/h4-9,14-15,19H,10-13,16-17H2,1-3H3,(H2,27,28);1-7,9-14,17H,8,15-16H2,(H2,27,30)(H2,28,29,33);4,6-7,10,14,17H,5,8-9,11,13H2,1-3H3,(H2,23,24);3-7,10-11,24H,8-9H2,1-2H3,(H2,21,22);3-7,9H,8H2,1-2H3,(H2,18,19)(H,20,21)/t26-;;14?,17?,21-;;17-/m0.0.0/s1. The smallest absolute Gasteiger partial charge is 0.319 e. The molecular formula is C108H120ClFN22O11. The summed E-state index contributed by atoms with van der Waals surface area (Å²) in [5.74, 6) is 1.14. The number of aromatic amines is 1. The second kappa shape index (κ2) is 44.3. The van der Waals surface area contributed by atoms with Gasteiger partial charge in [0.1, 0.15) is 17.3 Å². The lowest BCUT2D eigenvalue weighted by atomic mass is 9.77. The van der Waals surface area contributed by atoms with E-state index in [1.807, 2.05) is 219 Å². The summed E-state index contributed by atoms with van der Waals surface area (Å²) in [7, 11) is 6.54. The number of carbonyl (C=O) groups excluding carboxylic acids is 8. The van der Waals surface area contributed by atoms with Crippen LogP contribution in [0.1, 0.15) is 148 Å². The molecule has 11 aromatic rings. The second-order valence-electron chi connectivity index (χ2n) is 37.3. The third kappa shape index (κ3) is 23.1. The Kier molecular flexibility index (Phi) is 31.9. The molecular weight excluding hydrogens is 1840 g/mol. The van der Waals surface area contributed by atoms with Crippen molar-refractivity contribution >= 4 is 105 Å². The SMILES string of the molecule is CC(C#N)c1cccc(C(=O)N2CCCC([C@]3(C)CC(=O)N(C)C(N)=N3)C2)c1.CN1C(=O)C(C)(c2cccc(-c3cc(Cl)ccc3CCO)c2)N=C1N.CN1C(=O)C[C@@](C)(c2ccc3[nH]nc(-c4ccoc4)c3c2)N=C1N.COc1cccc(-c2cccc([C@]3(C)CC(=O)N(CC4CCN(C(C)=O)CC4)C(N)=N3)c2)c1.NC1=NC(c2ccccc2)(c2ccccc2)C(=O)N1CCCNC(=O)Nc1cccc(F)c1. The van der Waals surface area contributed by atoms with Gasteiger partial charge in [-0.15, -0.1) is 0 Å². The molecule has 742 valence electrons.